The Bertz CT molecular complexity index is 851. The van der Waals surface area contributed by atoms with Crippen molar-refractivity contribution in [3.63, 3.8) is 0 Å². The molecule has 0 saturated heterocycles. The molecule has 2 N–H and O–H groups in total. The first-order valence-corrected chi connectivity index (χ1v) is 6.66. The van der Waals surface area contributed by atoms with Gasteiger partial charge in [0.25, 0.3) is 5.56 Å². The fourth-order valence-corrected chi connectivity index (χ4v) is 2.41. The first kappa shape index (κ1) is 15.6. The van der Waals surface area contributed by atoms with Crippen LogP contribution < -0.4 is 16.6 Å². The molecule has 0 amide bonds. The number of carbonyl (C=O) groups is 1. The van der Waals surface area contributed by atoms with Crippen molar-refractivity contribution in [3.8, 4) is 6.07 Å². The number of nitrogens with zero attached hydrogens (tertiary/aromatic N) is 3. The van der Waals surface area contributed by atoms with Crippen LogP contribution in [-0.2, 0) is 18.9 Å². The average Bonchev–Trinajstić information content (AvgIpc) is 2.57. The second kappa shape index (κ2) is 5.18. The van der Waals surface area contributed by atoms with Crippen LogP contribution in [0.5, 0.6) is 0 Å². The van der Waals surface area contributed by atoms with E-state index < -0.39 is 34.4 Å². The van der Waals surface area contributed by atoms with Gasteiger partial charge in [-0.2, -0.15) is 5.26 Å². The molecule has 0 spiro atoms. The topological polar surface area (TPSA) is 117 Å². The predicted octanol–water partition coefficient (Wildman–Crippen LogP) is -0.104. The second-order valence-electron chi connectivity index (χ2n) is 5.50. The van der Waals surface area contributed by atoms with Crippen molar-refractivity contribution in [2.45, 2.75) is 19.9 Å². The van der Waals surface area contributed by atoms with Crippen molar-refractivity contribution < 1.29 is 9.90 Å². The number of carbonyl (C=O) groups excluding carboxylic acids is 1. The van der Waals surface area contributed by atoms with Crippen LogP contribution in [0.15, 0.2) is 15.2 Å². The summed E-state index contributed by atoms with van der Waals surface area (Å²) in [5.41, 5.74) is -2.11. The molecule has 1 aliphatic heterocycles. The van der Waals surface area contributed by atoms with Crippen LogP contribution in [-0.4, -0.2) is 26.1 Å². The van der Waals surface area contributed by atoms with Crippen LogP contribution in [0, 0.1) is 17.2 Å². The summed E-state index contributed by atoms with van der Waals surface area (Å²) in [6.45, 7) is 3.51. The third kappa shape index (κ3) is 2.02. The van der Waals surface area contributed by atoms with Crippen molar-refractivity contribution >= 4 is 17.4 Å². The average molecular weight is 304 g/mol. The van der Waals surface area contributed by atoms with Gasteiger partial charge in [0, 0.05) is 14.1 Å². The molecule has 2 heterocycles. The van der Waals surface area contributed by atoms with Gasteiger partial charge in [-0.15, -0.1) is 0 Å². The SMILES string of the molecule is CC(C)[C@@H]1Nc2c(c(=O)n(C)c(=O)n2C)C(O)=C(C#N)C1=O. The Kier molecular flexibility index (Phi) is 3.67. The zero-order chi connectivity index (χ0) is 16.8. The van der Waals surface area contributed by atoms with Crippen molar-refractivity contribution in [2.24, 2.45) is 20.0 Å². The molecule has 1 aromatic heterocycles. The quantitative estimate of drug-likeness (QED) is 0.748. The molecule has 1 aromatic rings. The van der Waals surface area contributed by atoms with Gasteiger partial charge in [-0.3, -0.25) is 18.7 Å². The van der Waals surface area contributed by atoms with E-state index in [0.717, 1.165) is 9.13 Å². The number of rotatable bonds is 1. The van der Waals surface area contributed by atoms with Gasteiger partial charge in [-0.1, -0.05) is 13.8 Å². The Balaban J connectivity index is 2.98. The molecule has 22 heavy (non-hydrogen) atoms. The Morgan fingerprint density at radius 2 is 1.82 bits per heavy atom. The zero-order valence-corrected chi connectivity index (χ0v) is 12.7. The van der Waals surface area contributed by atoms with Gasteiger partial charge in [0.05, 0.1) is 6.04 Å². The summed E-state index contributed by atoms with van der Waals surface area (Å²) >= 11 is 0. The molecule has 0 aliphatic carbocycles. The van der Waals surface area contributed by atoms with Gasteiger partial charge in [0.2, 0.25) is 0 Å². The molecule has 0 radical (unpaired) electrons. The maximum Gasteiger partial charge on any atom is 0.332 e. The fourth-order valence-electron chi connectivity index (χ4n) is 2.41. The van der Waals surface area contributed by atoms with E-state index >= 15 is 0 Å². The number of aromatic nitrogens is 2. The van der Waals surface area contributed by atoms with Gasteiger partial charge < -0.3 is 10.4 Å². The zero-order valence-electron chi connectivity index (χ0n) is 12.7. The van der Waals surface area contributed by atoms with Crippen molar-refractivity contribution in [1.29, 1.82) is 5.26 Å². The molecule has 116 valence electrons. The van der Waals surface area contributed by atoms with E-state index in [1.807, 2.05) is 0 Å². The largest absolute Gasteiger partial charge is 0.505 e. The molecule has 0 bridgehead atoms. The Morgan fingerprint density at radius 3 is 2.32 bits per heavy atom. The van der Waals surface area contributed by atoms with Crippen molar-refractivity contribution in [1.82, 2.24) is 9.13 Å². The molecule has 8 heteroatoms. The first-order valence-electron chi connectivity index (χ1n) is 6.66. The molecular weight excluding hydrogens is 288 g/mol. The number of aliphatic hydroxyl groups excluding tert-OH is 1. The predicted molar refractivity (Wildman–Crippen MR) is 79.3 cm³/mol. The summed E-state index contributed by atoms with van der Waals surface area (Å²) < 4.78 is 1.95. The fraction of sp³-hybridized carbons (Fsp3) is 0.429. The minimum Gasteiger partial charge on any atom is -0.505 e. The number of hydrogen-bond acceptors (Lipinski definition) is 6. The molecule has 2 rings (SSSR count). The summed E-state index contributed by atoms with van der Waals surface area (Å²) in [4.78, 5) is 36.7. The van der Waals surface area contributed by atoms with Gasteiger partial charge >= 0.3 is 5.69 Å². The van der Waals surface area contributed by atoms with Crippen molar-refractivity contribution in [3.05, 3.63) is 32.0 Å². The molecular formula is C14H16N4O4. The third-order valence-corrected chi connectivity index (χ3v) is 3.74. The summed E-state index contributed by atoms with van der Waals surface area (Å²) in [5, 5.41) is 22.3. The lowest BCUT2D eigenvalue weighted by Gasteiger charge is -2.22. The van der Waals surface area contributed by atoms with E-state index in [0.29, 0.717) is 0 Å². The Hall–Kier alpha value is -2.82. The van der Waals surface area contributed by atoms with E-state index in [1.165, 1.54) is 14.1 Å². The maximum atomic E-state index is 12.4. The summed E-state index contributed by atoms with van der Waals surface area (Å²) in [7, 11) is 2.68. The van der Waals surface area contributed by atoms with Crippen LogP contribution in [0.3, 0.4) is 0 Å². The second-order valence-corrected chi connectivity index (χ2v) is 5.50. The van der Waals surface area contributed by atoms with E-state index in [1.54, 1.807) is 19.9 Å². The van der Waals surface area contributed by atoms with Crippen LogP contribution in [0.4, 0.5) is 5.82 Å². The van der Waals surface area contributed by atoms with Gasteiger partial charge in [-0.05, 0) is 5.92 Å². The minimum absolute atomic E-state index is 0.0305. The highest BCUT2D eigenvalue weighted by molar-refractivity contribution is 6.11. The van der Waals surface area contributed by atoms with E-state index in [-0.39, 0.29) is 17.3 Å². The molecule has 0 fully saturated rings. The highest BCUT2D eigenvalue weighted by Crippen LogP contribution is 2.27. The van der Waals surface area contributed by atoms with Gasteiger partial charge in [-0.25, -0.2) is 4.79 Å². The Labute approximate surface area is 125 Å². The molecule has 1 atom stereocenters. The third-order valence-electron chi connectivity index (χ3n) is 3.74. The van der Waals surface area contributed by atoms with E-state index in [4.69, 9.17) is 0 Å². The molecule has 1 aliphatic rings. The lowest BCUT2D eigenvalue weighted by molar-refractivity contribution is -0.116. The number of aliphatic hydroxyl groups is 1. The monoisotopic (exact) mass is 304 g/mol. The molecule has 8 nitrogen and oxygen atoms in total. The van der Waals surface area contributed by atoms with Gasteiger partial charge in [0.1, 0.15) is 23.0 Å². The number of Topliss-reactive ketones (excluding diaryl/α,β-unsaturated/α-hetero) is 1. The van der Waals surface area contributed by atoms with Gasteiger partial charge in [0.15, 0.2) is 11.5 Å². The number of anilines is 1. The smallest absolute Gasteiger partial charge is 0.332 e. The molecule has 0 saturated carbocycles. The molecule has 0 unspecified atom stereocenters. The highest BCUT2D eigenvalue weighted by atomic mass is 16.3. The number of hydrogen-bond donors (Lipinski definition) is 2. The summed E-state index contributed by atoms with van der Waals surface area (Å²) in [6.07, 6.45) is 0. The lowest BCUT2D eigenvalue weighted by Crippen LogP contribution is -2.42. The maximum absolute atomic E-state index is 12.4. The van der Waals surface area contributed by atoms with Crippen LogP contribution >= 0.6 is 0 Å². The lowest BCUT2D eigenvalue weighted by atomic mass is 9.95. The van der Waals surface area contributed by atoms with E-state index in [9.17, 15) is 24.8 Å². The minimum atomic E-state index is -0.823. The summed E-state index contributed by atoms with van der Waals surface area (Å²) in [6, 6.07) is 0.831. The van der Waals surface area contributed by atoms with Crippen LogP contribution in [0.2, 0.25) is 0 Å². The first-order chi connectivity index (χ1) is 10.2. The molecule has 0 aromatic carbocycles. The highest BCUT2D eigenvalue weighted by Gasteiger charge is 2.35. The van der Waals surface area contributed by atoms with Crippen LogP contribution in [0.25, 0.3) is 5.76 Å². The number of nitrogens with one attached hydrogen (secondary N) is 1. The number of ketones is 1. The summed E-state index contributed by atoms with van der Waals surface area (Å²) in [5.74, 6) is -1.49. The van der Waals surface area contributed by atoms with Crippen LogP contribution in [0.1, 0.15) is 19.4 Å². The number of nitriles is 1. The number of fused-ring (bicyclic) bond motifs is 1. The standard InChI is InChI=1S/C14H16N4O4/c1-6(2)9-11(20)7(5-15)10(19)8-12(16-9)17(3)14(22)18(4)13(8)21/h6,9,16,19H,1-4H3/t9-/m0/s1. The Morgan fingerprint density at radius 1 is 1.23 bits per heavy atom. The normalized spacial score (nSPS) is 17.8. The van der Waals surface area contributed by atoms with E-state index in [2.05, 4.69) is 5.32 Å². The van der Waals surface area contributed by atoms with Crippen molar-refractivity contribution in [2.75, 3.05) is 5.32 Å².